The van der Waals surface area contributed by atoms with Crippen LogP contribution >= 0.6 is 0 Å². The van der Waals surface area contributed by atoms with E-state index in [-0.39, 0.29) is 12.3 Å². The first-order valence-corrected chi connectivity index (χ1v) is 9.01. The van der Waals surface area contributed by atoms with Crippen LogP contribution in [0.5, 0.6) is 0 Å². The fraction of sp³-hybridized carbons (Fsp3) is 0.227. The molecule has 2 atom stereocenters. The largest absolute Gasteiger partial charge is 0.481 e. The second-order valence-corrected chi connectivity index (χ2v) is 7.13. The minimum absolute atomic E-state index is 0.261. The number of hydrogen-bond acceptors (Lipinski definition) is 3. The molecule has 28 heavy (non-hydrogen) atoms. The van der Waals surface area contributed by atoms with E-state index in [4.69, 9.17) is 0 Å². The Balaban J connectivity index is 2.06. The van der Waals surface area contributed by atoms with Crippen molar-refractivity contribution >= 4 is 22.8 Å². The SMILES string of the molecule is Cc1cc(F)c(C2c3ccccc3C(=O)N(C)C2CC(=O)O)c2ncccc12. The average molecular weight is 378 g/mol. The van der Waals surface area contributed by atoms with Crippen molar-refractivity contribution in [1.82, 2.24) is 9.88 Å². The molecule has 1 amide bonds. The fourth-order valence-corrected chi connectivity index (χ4v) is 4.21. The summed E-state index contributed by atoms with van der Waals surface area (Å²) in [6.45, 7) is 1.82. The van der Waals surface area contributed by atoms with Gasteiger partial charge in [0.1, 0.15) is 5.82 Å². The molecule has 2 heterocycles. The van der Waals surface area contributed by atoms with Crippen LogP contribution in [0.15, 0.2) is 48.7 Å². The van der Waals surface area contributed by atoms with Crippen molar-refractivity contribution in [3.8, 4) is 0 Å². The highest BCUT2D eigenvalue weighted by Gasteiger charge is 2.41. The van der Waals surface area contributed by atoms with E-state index < -0.39 is 23.7 Å². The molecule has 1 N–H and O–H groups in total. The Hall–Kier alpha value is -3.28. The van der Waals surface area contributed by atoms with Gasteiger partial charge in [0.15, 0.2) is 0 Å². The number of carbonyl (C=O) groups excluding carboxylic acids is 1. The number of amides is 1. The zero-order valence-electron chi connectivity index (χ0n) is 15.5. The van der Waals surface area contributed by atoms with Crippen LogP contribution in [-0.4, -0.2) is 40.0 Å². The monoisotopic (exact) mass is 378 g/mol. The van der Waals surface area contributed by atoms with Crippen LogP contribution in [0.3, 0.4) is 0 Å². The molecule has 0 radical (unpaired) electrons. The van der Waals surface area contributed by atoms with Crippen molar-refractivity contribution in [2.75, 3.05) is 7.05 Å². The predicted octanol–water partition coefficient (Wildman–Crippen LogP) is 3.74. The van der Waals surface area contributed by atoms with E-state index in [1.165, 1.54) is 11.0 Å². The molecule has 5 nitrogen and oxygen atoms in total. The maximum atomic E-state index is 15.3. The summed E-state index contributed by atoms with van der Waals surface area (Å²) in [6, 6.07) is 11.4. The summed E-state index contributed by atoms with van der Waals surface area (Å²) in [5.74, 6) is -2.38. The average Bonchev–Trinajstić information content (AvgIpc) is 2.67. The first-order chi connectivity index (χ1) is 13.4. The third-order valence-electron chi connectivity index (χ3n) is 5.51. The third kappa shape index (κ3) is 2.72. The lowest BCUT2D eigenvalue weighted by Crippen LogP contribution is -2.47. The van der Waals surface area contributed by atoms with Crippen LogP contribution in [-0.2, 0) is 4.79 Å². The van der Waals surface area contributed by atoms with Crippen LogP contribution in [0.25, 0.3) is 10.9 Å². The van der Waals surface area contributed by atoms with Crippen LogP contribution < -0.4 is 0 Å². The van der Waals surface area contributed by atoms with Crippen molar-refractivity contribution in [1.29, 1.82) is 0 Å². The first-order valence-electron chi connectivity index (χ1n) is 9.01. The number of carboxylic acid groups (broad SMARTS) is 1. The maximum Gasteiger partial charge on any atom is 0.305 e. The Kier molecular flexibility index (Phi) is 4.34. The lowest BCUT2D eigenvalue weighted by molar-refractivity contribution is -0.138. The van der Waals surface area contributed by atoms with E-state index in [0.717, 1.165) is 10.9 Å². The minimum Gasteiger partial charge on any atom is -0.481 e. The van der Waals surface area contributed by atoms with Gasteiger partial charge in [-0.25, -0.2) is 4.39 Å². The van der Waals surface area contributed by atoms with Gasteiger partial charge in [0.25, 0.3) is 5.91 Å². The van der Waals surface area contributed by atoms with Gasteiger partial charge in [-0.3, -0.25) is 14.6 Å². The molecule has 0 aliphatic carbocycles. The maximum absolute atomic E-state index is 15.3. The Bertz CT molecular complexity index is 1110. The molecule has 0 saturated heterocycles. The zero-order valence-corrected chi connectivity index (χ0v) is 15.5. The van der Waals surface area contributed by atoms with Crippen LogP contribution in [0.1, 0.15) is 39.4 Å². The number of pyridine rings is 1. The number of aryl methyl sites for hydroxylation is 1. The zero-order chi connectivity index (χ0) is 20.0. The standard InChI is InChI=1S/C22H19FN2O3/c1-12-10-16(23)20(21-13(12)8-5-9-24-21)19-14-6-3-4-7-15(14)22(28)25(2)17(19)11-18(26)27/h3-10,17,19H,11H2,1-2H3,(H,26,27). The van der Waals surface area contributed by atoms with Gasteiger partial charge in [-0.15, -0.1) is 0 Å². The normalized spacial score (nSPS) is 19.0. The van der Waals surface area contributed by atoms with Crippen LogP contribution in [0.4, 0.5) is 4.39 Å². The van der Waals surface area contributed by atoms with E-state index in [1.54, 1.807) is 43.6 Å². The molecule has 1 aliphatic heterocycles. The van der Waals surface area contributed by atoms with Gasteiger partial charge in [0, 0.05) is 35.7 Å². The minimum atomic E-state index is -1.04. The molecule has 2 unspecified atom stereocenters. The number of aromatic nitrogens is 1. The van der Waals surface area contributed by atoms with E-state index in [1.807, 2.05) is 13.0 Å². The molecule has 0 fully saturated rings. The Morgan fingerprint density at radius 1 is 1.25 bits per heavy atom. The molecular weight excluding hydrogens is 359 g/mol. The van der Waals surface area contributed by atoms with Crippen molar-refractivity contribution in [2.24, 2.45) is 0 Å². The number of hydrogen-bond donors (Lipinski definition) is 1. The number of nitrogens with zero attached hydrogens (tertiary/aromatic N) is 2. The fourth-order valence-electron chi connectivity index (χ4n) is 4.21. The number of fused-ring (bicyclic) bond motifs is 2. The second-order valence-electron chi connectivity index (χ2n) is 7.13. The highest BCUT2D eigenvalue weighted by molar-refractivity contribution is 5.98. The first kappa shape index (κ1) is 18.1. The van der Waals surface area contributed by atoms with Crippen molar-refractivity contribution < 1.29 is 19.1 Å². The van der Waals surface area contributed by atoms with Gasteiger partial charge in [-0.2, -0.15) is 0 Å². The number of carbonyl (C=O) groups is 2. The molecule has 4 rings (SSSR count). The van der Waals surface area contributed by atoms with E-state index in [0.29, 0.717) is 22.2 Å². The highest BCUT2D eigenvalue weighted by atomic mass is 19.1. The Labute approximate surface area is 161 Å². The molecule has 142 valence electrons. The molecule has 0 saturated carbocycles. The third-order valence-corrected chi connectivity index (χ3v) is 5.51. The number of aliphatic carboxylic acids is 1. The molecule has 2 aromatic carbocycles. The van der Waals surface area contributed by atoms with Crippen LogP contribution in [0, 0.1) is 12.7 Å². The van der Waals surface area contributed by atoms with Crippen molar-refractivity contribution in [2.45, 2.75) is 25.3 Å². The topological polar surface area (TPSA) is 70.5 Å². The number of benzene rings is 2. The van der Waals surface area contributed by atoms with Crippen LogP contribution in [0.2, 0.25) is 0 Å². The summed E-state index contributed by atoms with van der Waals surface area (Å²) in [4.78, 5) is 30.2. The van der Waals surface area contributed by atoms with E-state index >= 15 is 4.39 Å². The van der Waals surface area contributed by atoms with Gasteiger partial charge >= 0.3 is 5.97 Å². The van der Waals surface area contributed by atoms with Gasteiger partial charge < -0.3 is 10.0 Å². The predicted molar refractivity (Wildman–Crippen MR) is 103 cm³/mol. The summed E-state index contributed by atoms with van der Waals surface area (Å²) in [7, 11) is 1.57. The molecule has 6 heteroatoms. The quantitative estimate of drug-likeness (QED) is 0.754. The lowest BCUT2D eigenvalue weighted by atomic mass is 9.76. The Morgan fingerprint density at radius 3 is 2.75 bits per heavy atom. The molecule has 1 aliphatic rings. The number of rotatable bonds is 3. The highest BCUT2D eigenvalue weighted by Crippen LogP contribution is 2.42. The van der Waals surface area contributed by atoms with Crippen molar-refractivity contribution in [3.63, 3.8) is 0 Å². The van der Waals surface area contributed by atoms with Crippen molar-refractivity contribution in [3.05, 3.63) is 76.7 Å². The summed E-state index contributed by atoms with van der Waals surface area (Å²) >= 11 is 0. The van der Waals surface area contributed by atoms with Gasteiger partial charge in [-0.1, -0.05) is 24.3 Å². The molecule has 0 bridgehead atoms. The van der Waals surface area contributed by atoms with E-state index in [9.17, 15) is 14.7 Å². The molecule has 1 aromatic heterocycles. The van der Waals surface area contributed by atoms with Gasteiger partial charge in [-0.05, 0) is 36.2 Å². The molecular formula is C22H19FN2O3. The van der Waals surface area contributed by atoms with Gasteiger partial charge in [0.05, 0.1) is 18.0 Å². The Morgan fingerprint density at radius 2 is 2.00 bits per heavy atom. The summed E-state index contributed by atoms with van der Waals surface area (Å²) in [6.07, 6.45) is 1.31. The van der Waals surface area contributed by atoms with Gasteiger partial charge in [0.2, 0.25) is 0 Å². The molecule has 3 aromatic rings. The molecule has 0 spiro atoms. The number of carboxylic acids is 1. The lowest BCUT2D eigenvalue weighted by Gasteiger charge is -2.40. The smallest absolute Gasteiger partial charge is 0.305 e. The summed E-state index contributed by atoms with van der Waals surface area (Å²) in [5, 5.41) is 10.3. The van der Waals surface area contributed by atoms with E-state index in [2.05, 4.69) is 4.98 Å². The summed E-state index contributed by atoms with van der Waals surface area (Å²) < 4.78 is 15.3. The number of likely N-dealkylation sites (N-methyl/N-ethyl adjacent to an activating group) is 1. The second kappa shape index (κ2) is 6.71. The number of halogens is 1. The summed E-state index contributed by atoms with van der Waals surface area (Å²) in [5.41, 5.74) is 2.68.